The lowest BCUT2D eigenvalue weighted by atomic mass is 9.74. The molecule has 0 fully saturated rings. The third-order valence-electron chi connectivity index (χ3n) is 3.55. The monoisotopic (exact) mass is 272 g/mol. The minimum absolute atomic E-state index is 0.0140. The van der Waals surface area contributed by atoms with Crippen molar-refractivity contribution in [2.45, 2.75) is 11.8 Å². The fraction of sp³-hybridized carbons (Fsp3) is 0.143. The highest BCUT2D eigenvalue weighted by atomic mass is 16.3. The highest BCUT2D eigenvalue weighted by molar-refractivity contribution is 6.29. The number of benzene rings is 1. The summed E-state index contributed by atoms with van der Waals surface area (Å²) in [5.41, 5.74) is 9.04. The van der Waals surface area contributed by atoms with E-state index in [2.05, 4.69) is 0 Å². The molecule has 0 bridgehead atoms. The summed E-state index contributed by atoms with van der Waals surface area (Å²) in [6.07, 6.45) is 2.55. The third-order valence-corrected chi connectivity index (χ3v) is 3.55. The molecule has 6 heteroatoms. The number of nitrogens with two attached hydrogens (primary N) is 2. The van der Waals surface area contributed by atoms with Crippen LogP contribution in [-0.4, -0.2) is 33.5 Å². The Morgan fingerprint density at radius 2 is 1.90 bits per heavy atom. The Bertz CT molecular complexity index is 716. The second-order valence-electron chi connectivity index (χ2n) is 4.86. The molecule has 1 aromatic rings. The van der Waals surface area contributed by atoms with Crippen molar-refractivity contribution < 1.29 is 19.8 Å². The van der Waals surface area contributed by atoms with Gasteiger partial charge in [0.05, 0.1) is 17.2 Å². The topological polar surface area (TPSA) is 127 Å². The quantitative estimate of drug-likeness (QED) is 0.376. The van der Waals surface area contributed by atoms with Crippen molar-refractivity contribution in [2.75, 3.05) is 0 Å². The van der Waals surface area contributed by atoms with E-state index in [1.54, 1.807) is 0 Å². The van der Waals surface area contributed by atoms with Gasteiger partial charge in [-0.25, -0.2) is 0 Å². The first-order valence-electron chi connectivity index (χ1n) is 5.97. The molecule has 1 aromatic carbocycles. The van der Waals surface area contributed by atoms with Gasteiger partial charge in [-0.05, 0) is 12.1 Å². The molecule has 0 amide bonds. The number of ketones is 2. The summed E-state index contributed by atoms with van der Waals surface area (Å²) in [5.74, 6) is -1.49. The molecule has 2 aliphatic rings. The number of rotatable bonds is 0. The molecule has 0 saturated carbocycles. The molecule has 0 spiro atoms. The van der Waals surface area contributed by atoms with E-state index in [9.17, 15) is 19.8 Å². The summed E-state index contributed by atoms with van der Waals surface area (Å²) in [6.45, 7) is 0. The lowest BCUT2D eigenvalue weighted by molar-refractivity contribution is 0.0852. The number of aromatic hydroxyl groups is 1. The van der Waals surface area contributed by atoms with E-state index in [0.29, 0.717) is 0 Å². The molecule has 0 aromatic heterocycles. The van der Waals surface area contributed by atoms with Gasteiger partial charge in [-0.2, -0.15) is 0 Å². The largest absolute Gasteiger partial charge is 0.507 e. The molecule has 102 valence electrons. The number of carbonyl (C=O) groups is 2. The summed E-state index contributed by atoms with van der Waals surface area (Å²) < 4.78 is 0. The van der Waals surface area contributed by atoms with Crippen molar-refractivity contribution in [2.24, 2.45) is 11.5 Å². The van der Waals surface area contributed by atoms with Crippen LogP contribution in [0.1, 0.15) is 20.7 Å². The van der Waals surface area contributed by atoms with Gasteiger partial charge in [0.1, 0.15) is 5.75 Å². The normalized spacial score (nSPS) is 28.4. The van der Waals surface area contributed by atoms with Gasteiger partial charge in [-0.3, -0.25) is 15.3 Å². The van der Waals surface area contributed by atoms with Crippen LogP contribution >= 0.6 is 0 Å². The maximum Gasteiger partial charge on any atom is 0.195 e. The van der Waals surface area contributed by atoms with Gasteiger partial charge in [-0.1, -0.05) is 18.2 Å². The van der Waals surface area contributed by atoms with E-state index >= 15 is 0 Å². The van der Waals surface area contributed by atoms with Crippen molar-refractivity contribution in [1.82, 2.24) is 0 Å². The fourth-order valence-corrected chi connectivity index (χ4v) is 2.62. The average Bonchev–Trinajstić information content (AvgIpc) is 2.38. The highest BCUT2D eigenvalue weighted by Gasteiger charge is 2.45. The number of hydrogen-bond acceptors (Lipinski definition) is 6. The first kappa shape index (κ1) is 12.7. The minimum Gasteiger partial charge on any atom is -0.507 e. The van der Waals surface area contributed by atoms with E-state index in [-0.39, 0.29) is 28.0 Å². The lowest BCUT2D eigenvalue weighted by Crippen LogP contribution is -2.50. The SMILES string of the molecule is NC1C=CC(N)(O)C2=C1C(=O)c1c(O)cccc1C2=O. The van der Waals surface area contributed by atoms with E-state index in [0.717, 1.165) is 0 Å². The maximum absolute atomic E-state index is 12.5. The van der Waals surface area contributed by atoms with E-state index < -0.39 is 23.3 Å². The van der Waals surface area contributed by atoms with Gasteiger partial charge in [0, 0.05) is 11.1 Å². The molecule has 20 heavy (non-hydrogen) atoms. The molecule has 6 N–H and O–H groups in total. The number of phenolic OH excluding ortho intramolecular Hbond substituents is 1. The zero-order chi connectivity index (χ0) is 14.7. The number of Topliss-reactive ketones (excluding diaryl/α,β-unsaturated/α-hetero) is 2. The fourth-order valence-electron chi connectivity index (χ4n) is 2.62. The van der Waals surface area contributed by atoms with E-state index in [1.807, 2.05) is 0 Å². The zero-order valence-corrected chi connectivity index (χ0v) is 10.3. The van der Waals surface area contributed by atoms with Gasteiger partial charge in [0.25, 0.3) is 0 Å². The van der Waals surface area contributed by atoms with Crippen LogP contribution in [0.15, 0.2) is 41.5 Å². The Balaban J connectivity index is 2.33. The summed E-state index contributed by atoms with van der Waals surface area (Å²) in [4.78, 5) is 24.9. The summed E-state index contributed by atoms with van der Waals surface area (Å²) >= 11 is 0. The van der Waals surface area contributed by atoms with Crippen molar-refractivity contribution in [1.29, 1.82) is 0 Å². The summed E-state index contributed by atoms with van der Waals surface area (Å²) in [5, 5.41) is 19.9. The van der Waals surface area contributed by atoms with Crippen LogP contribution in [0.5, 0.6) is 5.75 Å². The number of phenols is 1. The van der Waals surface area contributed by atoms with Crippen molar-refractivity contribution in [3.63, 3.8) is 0 Å². The van der Waals surface area contributed by atoms with E-state index in [1.165, 1.54) is 30.4 Å². The Morgan fingerprint density at radius 3 is 2.60 bits per heavy atom. The predicted octanol–water partition coefficient (Wildman–Crippen LogP) is -0.388. The lowest BCUT2D eigenvalue weighted by Gasteiger charge is -2.33. The molecule has 2 aliphatic carbocycles. The Hall–Kier alpha value is -2.28. The van der Waals surface area contributed by atoms with Crippen LogP contribution in [0, 0.1) is 0 Å². The predicted molar refractivity (Wildman–Crippen MR) is 70.0 cm³/mol. The first-order valence-corrected chi connectivity index (χ1v) is 5.97. The number of fused-ring (bicyclic) bond motifs is 1. The molecule has 0 aliphatic heterocycles. The molecule has 0 heterocycles. The Labute approximate surface area is 114 Å². The molecule has 3 rings (SSSR count). The number of hydrogen-bond donors (Lipinski definition) is 4. The van der Waals surface area contributed by atoms with Gasteiger partial charge >= 0.3 is 0 Å². The molecular weight excluding hydrogens is 260 g/mol. The zero-order valence-electron chi connectivity index (χ0n) is 10.3. The van der Waals surface area contributed by atoms with Gasteiger partial charge in [-0.15, -0.1) is 0 Å². The second-order valence-corrected chi connectivity index (χ2v) is 4.86. The number of carbonyl (C=O) groups excluding carboxylic acids is 2. The van der Waals surface area contributed by atoms with Gasteiger partial charge in [0.2, 0.25) is 0 Å². The maximum atomic E-state index is 12.5. The van der Waals surface area contributed by atoms with Crippen LogP contribution in [0.4, 0.5) is 0 Å². The van der Waals surface area contributed by atoms with E-state index in [4.69, 9.17) is 11.5 Å². The molecular formula is C14H12N2O4. The highest BCUT2D eigenvalue weighted by Crippen LogP contribution is 2.38. The van der Waals surface area contributed by atoms with Crippen LogP contribution in [0.25, 0.3) is 0 Å². The first-order chi connectivity index (χ1) is 9.34. The molecule has 2 atom stereocenters. The smallest absolute Gasteiger partial charge is 0.195 e. The van der Waals surface area contributed by atoms with Crippen LogP contribution in [0.3, 0.4) is 0 Å². The van der Waals surface area contributed by atoms with Crippen molar-refractivity contribution in [3.05, 3.63) is 52.6 Å². The Morgan fingerprint density at radius 1 is 1.20 bits per heavy atom. The molecule has 6 nitrogen and oxygen atoms in total. The second kappa shape index (κ2) is 3.86. The van der Waals surface area contributed by atoms with Crippen LogP contribution in [0.2, 0.25) is 0 Å². The third kappa shape index (κ3) is 1.50. The summed E-state index contributed by atoms with van der Waals surface area (Å²) in [7, 11) is 0. The molecule has 2 unspecified atom stereocenters. The molecule has 0 saturated heterocycles. The Kier molecular flexibility index (Phi) is 2.46. The summed E-state index contributed by atoms with van der Waals surface area (Å²) in [6, 6.07) is 3.31. The number of aliphatic hydroxyl groups is 1. The minimum atomic E-state index is -2.04. The average molecular weight is 272 g/mol. The van der Waals surface area contributed by atoms with Crippen molar-refractivity contribution in [3.8, 4) is 5.75 Å². The molecule has 0 radical (unpaired) electrons. The standard InChI is InChI=1S/C14H12N2O4/c15-7-4-5-14(16,20)11-10(7)13(19)9-6(12(11)18)2-1-3-8(9)17/h1-5,7,17,20H,15-16H2. The van der Waals surface area contributed by atoms with Gasteiger partial charge < -0.3 is 15.9 Å². The van der Waals surface area contributed by atoms with Gasteiger partial charge in [0.15, 0.2) is 17.3 Å². The van der Waals surface area contributed by atoms with Crippen LogP contribution < -0.4 is 11.5 Å². The van der Waals surface area contributed by atoms with Crippen molar-refractivity contribution >= 4 is 11.6 Å². The van der Waals surface area contributed by atoms with Crippen LogP contribution in [-0.2, 0) is 0 Å².